The monoisotopic (exact) mass is 196 g/mol. The van der Waals surface area contributed by atoms with Crippen LogP contribution in [0.4, 0.5) is 0 Å². The van der Waals surface area contributed by atoms with Gasteiger partial charge >= 0.3 is 0 Å². The molecule has 0 N–H and O–H groups in total. The summed E-state index contributed by atoms with van der Waals surface area (Å²) in [7, 11) is 3.33. The molecule has 0 aliphatic carbocycles. The number of quaternary nitrogens is 1. The number of nitrogens with zero attached hydrogens (tertiary/aromatic N) is 1. The van der Waals surface area contributed by atoms with E-state index in [4.69, 9.17) is 9.68 Å². The van der Waals surface area contributed by atoms with Gasteiger partial charge in [0.15, 0.2) is 6.54 Å². The smallest absolute Gasteiger partial charge is 0.168 e. The summed E-state index contributed by atoms with van der Waals surface area (Å²) >= 11 is 0. The molecular formula is C11H18NO2+. The quantitative estimate of drug-likeness (QED) is 0.530. The molecule has 1 rings (SSSR count). The molecule has 0 spiro atoms. The van der Waals surface area contributed by atoms with Crippen LogP contribution in [0, 0.1) is 0 Å². The maximum atomic E-state index is 5.36. The molecule has 0 amide bonds. The van der Waals surface area contributed by atoms with Crippen LogP contribution in [0.3, 0.4) is 0 Å². The molecule has 1 aromatic rings. The zero-order chi connectivity index (χ0) is 10.4. The molecule has 14 heavy (non-hydrogen) atoms. The van der Waals surface area contributed by atoms with Gasteiger partial charge in [0.25, 0.3) is 0 Å². The van der Waals surface area contributed by atoms with Gasteiger partial charge < -0.3 is 0 Å². The molecule has 78 valence electrons. The van der Waals surface area contributed by atoms with E-state index < -0.39 is 0 Å². The van der Waals surface area contributed by atoms with Crippen molar-refractivity contribution in [2.24, 2.45) is 0 Å². The first-order valence-electron chi connectivity index (χ1n) is 4.79. The zero-order valence-corrected chi connectivity index (χ0v) is 9.06. The molecule has 0 saturated carbocycles. The van der Waals surface area contributed by atoms with E-state index in [0.717, 1.165) is 13.1 Å². The molecular weight excluding hydrogens is 178 g/mol. The Labute approximate surface area is 85.4 Å². The standard InChI is InChI=1S/C11H18NO2/c1-4-12(13-2,14-3)10-11-8-6-5-7-9-11/h5-9H,4,10H2,1-3H3/q+1. The molecule has 3 nitrogen and oxygen atoms in total. The van der Waals surface area contributed by atoms with Gasteiger partial charge in [0.2, 0.25) is 0 Å². The maximum absolute atomic E-state index is 5.36. The third-order valence-corrected chi connectivity index (χ3v) is 2.41. The Balaban J connectivity index is 2.74. The van der Waals surface area contributed by atoms with E-state index in [1.54, 1.807) is 14.2 Å². The average Bonchev–Trinajstić information content (AvgIpc) is 2.28. The lowest BCUT2D eigenvalue weighted by Crippen LogP contribution is -2.44. The van der Waals surface area contributed by atoms with Crippen LogP contribution in [0.15, 0.2) is 30.3 Å². The Bertz CT molecular complexity index is 249. The normalized spacial score (nSPS) is 11.6. The van der Waals surface area contributed by atoms with Crippen molar-refractivity contribution in [1.82, 2.24) is 0 Å². The summed E-state index contributed by atoms with van der Waals surface area (Å²) in [6, 6.07) is 10.2. The van der Waals surface area contributed by atoms with E-state index in [1.807, 2.05) is 25.1 Å². The molecule has 0 heterocycles. The molecule has 0 aliphatic rings. The Morgan fingerprint density at radius 3 is 2.07 bits per heavy atom. The van der Waals surface area contributed by atoms with Crippen LogP contribution in [0.25, 0.3) is 0 Å². The van der Waals surface area contributed by atoms with E-state index in [1.165, 1.54) is 5.56 Å². The van der Waals surface area contributed by atoms with Crippen molar-refractivity contribution in [3.05, 3.63) is 35.9 Å². The third-order valence-electron chi connectivity index (χ3n) is 2.41. The van der Waals surface area contributed by atoms with Gasteiger partial charge in [-0.15, -0.1) is 0 Å². The molecule has 0 aliphatic heterocycles. The highest BCUT2D eigenvalue weighted by molar-refractivity contribution is 5.13. The van der Waals surface area contributed by atoms with Crippen molar-refractivity contribution >= 4 is 0 Å². The van der Waals surface area contributed by atoms with Crippen molar-refractivity contribution in [3.63, 3.8) is 0 Å². The first-order valence-corrected chi connectivity index (χ1v) is 4.79. The van der Waals surface area contributed by atoms with Crippen LogP contribution < -0.4 is 0 Å². The predicted octanol–water partition coefficient (Wildman–Crippen LogP) is 2.15. The van der Waals surface area contributed by atoms with Crippen molar-refractivity contribution < 1.29 is 14.5 Å². The lowest BCUT2D eigenvalue weighted by atomic mass is 10.2. The van der Waals surface area contributed by atoms with Crippen molar-refractivity contribution in [2.75, 3.05) is 20.8 Å². The lowest BCUT2D eigenvalue weighted by Gasteiger charge is -2.28. The number of rotatable bonds is 5. The number of hydrogen-bond donors (Lipinski definition) is 0. The number of benzene rings is 1. The molecule has 0 fully saturated rings. The molecule has 0 unspecified atom stereocenters. The summed E-state index contributed by atoms with van der Waals surface area (Å²) in [6.45, 7) is 3.54. The molecule has 1 aromatic carbocycles. The van der Waals surface area contributed by atoms with E-state index in [2.05, 4.69) is 12.1 Å². The van der Waals surface area contributed by atoms with E-state index in [9.17, 15) is 0 Å². The minimum atomic E-state index is 0.198. The number of hydroxylamine groups is 4. The second kappa shape index (κ2) is 5.10. The van der Waals surface area contributed by atoms with Gasteiger partial charge in [0.1, 0.15) is 6.54 Å². The predicted molar refractivity (Wildman–Crippen MR) is 55.0 cm³/mol. The SMILES string of the molecule is CC[N+](Cc1ccccc1)(OC)OC. The van der Waals surface area contributed by atoms with Crippen molar-refractivity contribution in [1.29, 1.82) is 0 Å². The van der Waals surface area contributed by atoms with Gasteiger partial charge in [0.05, 0.1) is 14.2 Å². The first-order chi connectivity index (χ1) is 6.76. The zero-order valence-electron chi connectivity index (χ0n) is 9.06. The van der Waals surface area contributed by atoms with Gasteiger partial charge in [-0.3, -0.25) is 0 Å². The lowest BCUT2D eigenvalue weighted by molar-refractivity contribution is -1.25. The van der Waals surface area contributed by atoms with Crippen LogP contribution >= 0.6 is 0 Å². The molecule has 0 radical (unpaired) electrons. The van der Waals surface area contributed by atoms with Gasteiger partial charge in [-0.05, 0) is 11.7 Å². The number of hydrogen-bond acceptors (Lipinski definition) is 2. The Morgan fingerprint density at radius 1 is 1.07 bits per heavy atom. The summed E-state index contributed by atoms with van der Waals surface area (Å²) in [5, 5.41) is 0. The fourth-order valence-electron chi connectivity index (χ4n) is 1.44. The molecule has 0 aromatic heterocycles. The van der Waals surface area contributed by atoms with Crippen LogP contribution in [0.5, 0.6) is 0 Å². The summed E-state index contributed by atoms with van der Waals surface area (Å²) < 4.78 is 0. The van der Waals surface area contributed by atoms with E-state index >= 15 is 0 Å². The fraction of sp³-hybridized carbons (Fsp3) is 0.455. The van der Waals surface area contributed by atoms with Gasteiger partial charge in [-0.25, -0.2) is 0 Å². The second-order valence-corrected chi connectivity index (χ2v) is 3.14. The fourth-order valence-corrected chi connectivity index (χ4v) is 1.44. The summed E-state index contributed by atoms with van der Waals surface area (Å²) in [6.07, 6.45) is 0. The first kappa shape index (κ1) is 11.2. The third kappa shape index (κ3) is 2.54. The van der Waals surface area contributed by atoms with Crippen molar-refractivity contribution in [3.8, 4) is 0 Å². The Morgan fingerprint density at radius 2 is 1.64 bits per heavy atom. The van der Waals surface area contributed by atoms with Crippen LogP contribution in [-0.2, 0) is 16.2 Å². The van der Waals surface area contributed by atoms with Crippen LogP contribution in [0.2, 0.25) is 0 Å². The van der Waals surface area contributed by atoms with Gasteiger partial charge in [-0.2, -0.15) is 9.68 Å². The Kier molecular flexibility index (Phi) is 4.07. The molecule has 0 bridgehead atoms. The highest BCUT2D eigenvalue weighted by atomic mass is 17.0. The highest BCUT2D eigenvalue weighted by Gasteiger charge is 2.27. The molecule has 3 heteroatoms. The van der Waals surface area contributed by atoms with Gasteiger partial charge in [0, 0.05) is 5.56 Å². The maximum Gasteiger partial charge on any atom is 0.168 e. The summed E-state index contributed by atoms with van der Waals surface area (Å²) in [4.78, 5) is 10.9. The van der Waals surface area contributed by atoms with Gasteiger partial charge in [-0.1, -0.05) is 30.3 Å². The second-order valence-electron chi connectivity index (χ2n) is 3.14. The minimum Gasteiger partial charge on any atom is -0.171 e. The molecule has 0 saturated heterocycles. The topological polar surface area (TPSA) is 18.5 Å². The Hall–Kier alpha value is -0.900. The minimum absolute atomic E-state index is 0.198. The highest BCUT2D eigenvalue weighted by Crippen LogP contribution is 2.14. The molecule has 0 atom stereocenters. The van der Waals surface area contributed by atoms with Crippen LogP contribution in [0.1, 0.15) is 12.5 Å². The van der Waals surface area contributed by atoms with E-state index in [0.29, 0.717) is 0 Å². The largest absolute Gasteiger partial charge is 0.171 e. The summed E-state index contributed by atoms with van der Waals surface area (Å²) in [5.41, 5.74) is 1.21. The van der Waals surface area contributed by atoms with Crippen molar-refractivity contribution in [2.45, 2.75) is 13.5 Å². The summed E-state index contributed by atoms with van der Waals surface area (Å²) in [5.74, 6) is 0. The average molecular weight is 196 g/mol. The van der Waals surface area contributed by atoms with Crippen LogP contribution in [-0.4, -0.2) is 25.6 Å². The van der Waals surface area contributed by atoms with E-state index in [-0.39, 0.29) is 4.81 Å².